The highest BCUT2D eigenvalue weighted by atomic mass is 79.9. The van der Waals surface area contributed by atoms with Crippen LogP contribution in [0.1, 0.15) is 26.4 Å². The van der Waals surface area contributed by atoms with Crippen LogP contribution in [0.15, 0.2) is 45.5 Å². The lowest BCUT2D eigenvalue weighted by Gasteiger charge is -2.06. The topological polar surface area (TPSA) is 79.3 Å². The molecule has 7 heteroatoms. The van der Waals surface area contributed by atoms with Crippen molar-refractivity contribution < 1.29 is 14.7 Å². The van der Waals surface area contributed by atoms with Gasteiger partial charge in [-0.05, 0) is 30.3 Å². The summed E-state index contributed by atoms with van der Waals surface area (Å²) in [6, 6.07) is 8.05. The van der Waals surface area contributed by atoms with E-state index < -0.39 is 5.97 Å². The molecule has 5 nitrogen and oxygen atoms in total. The summed E-state index contributed by atoms with van der Waals surface area (Å²) in [7, 11) is 0. The van der Waals surface area contributed by atoms with Gasteiger partial charge < -0.3 is 10.4 Å². The van der Waals surface area contributed by atoms with Gasteiger partial charge >= 0.3 is 5.97 Å². The number of rotatable bonds is 4. The summed E-state index contributed by atoms with van der Waals surface area (Å²) in [6.07, 6.45) is 1.40. The molecule has 108 valence electrons. The summed E-state index contributed by atoms with van der Waals surface area (Å²) in [5.41, 5.74) is 1.11. The minimum atomic E-state index is -1.03. The normalized spacial score (nSPS) is 10.2. The van der Waals surface area contributed by atoms with Gasteiger partial charge in [0.15, 0.2) is 0 Å². The Labute approximate surface area is 137 Å². The number of carbonyl (C=O) groups is 2. The van der Waals surface area contributed by atoms with Gasteiger partial charge in [-0.1, -0.05) is 31.9 Å². The molecular formula is C14H10Br2N2O3. The van der Waals surface area contributed by atoms with Gasteiger partial charge in [-0.15, -0.1) is 0 Å². The number of aromatic nitrogens is 1. The van der Waals surface area contributed by atoms with E-state index in [0.717, 1.165) is 8.95 Å². The van der Waals surface area contributed by atoms with E-state index in [2.05, 4.69) is 42.2 Å². The molecule has 0 saturated heterocycles. The van der Waals surface area contributed by atoms with Crippen LogP contribution in [-0.2, 0) is 6.54 Å². The zero-order valence-corrected chi connectivity index (χ0v) is 13.8. The number of carbonyl (C=O) groups excluding carboxylic acids is 1. The summed E-state index contributed by atoms with van der Waals surface area (Å²) < 4.78 is 1.57. The molecule has 21 heavy (non-hydrogen) atoms. The molecule has 0 unspecified atom stereocenters. The van der Waals surface area contributed by atoms with E-state index in [0.29, 0.717) is 11.3 Å². The molecule has 2 aromatic rings. The average Bonchev–Trinajstić information content (AvgIpc) is 2.44. The minimum Gasteiger partial charge on any atom is -0.478 e. The molecule has 0 saturated carbocycles. The van der Waals surface area contributed by atoms with Gasteiger partial charge in [0, 0.05) is 20.7 Å². The number of nitrogens with one attached hydrogen (secondary N) is 1. The number of benzene rings is 1. The maximum Gasteiger partial charge on any atom is 0.335 e. The molecule has 0 spiro atoms. The Bertz CT molecular complexity index is 684. The van der Waals surface area contributed by atoms with Crippen LogP contribution in [0.2, 0.25) is 0 Å². The Morgan fingerprint density at radius 3 is 2.38 bits per heavy atom. The quantitative estimate of drug-likeness (QED) is 0.806. The number of carboxylic acid groups (broad SMARTS) is 1. The second-order valence-electron chi connectivity index (χ2n) is 4.18. The Balaban J connectivity index is 2.07. The highest BCUT2D eigenvalue weighted by Crippen LogP contribution is 2.20. The third-order valence-corrected chi connectivity index (χ3v) is 3.53. The molecule has 1 aromatic carbocycles. The van der Waals surface area contributed by atoms with Crippen molar-refractivity contribution >= 4 is 43.7 Å². The van der Waals surface area contributed by atoms with Crippen LogP contribution in [-0.4, -0.2) is 22.0 Å². The van der Waals surface area contributed by atoms with E-state index >= 15 is 0 Å². The number of carboxylic acids is 1. The number of hydrogen-bond donors (Lipinski definition) is 2. The van der Waals surface area contributed by atoms with Crippen molar-refractivity contribution in [3.05, 3.63) is 62.3 Å². The van der Waals surface area contributed by atoms with Crippen molar-refractivity contribution in [3.63, 3.8) is 0 Å². The standard InChI is InChI=1S/C14H10Br2N2O3/c15-10-3-9(4-11(16)6-10)13(19)18-7-12-5-8(14(20)21)1-2-17-12/h1-6H,7H2,(H,18,19)(H,20,21). The van der Waals surface area contributed by atoms with Gasteiger partial charge in [-0.25, -0.2) is 4.79 Å². The first-order valence-corrected chi connectivity index (χ1v) is 7.47. The van der Waals surface area contributed by atoms with Crippen molar-refractivity contribution in [2.24, 2.45) is 0 Å². The number of halogens is 2. The SMILES string of the molecule is O=C(O)c1ccnc(CNC(=O)c2cc(Br)cc(Br)c2)c1. The zero-order chi connectivity index (χ0) is 15.4. The number of nitrogens with zero attached hydrogens (tertiary/aromatic N) is 1. The lowest BCUT2D eigenvalue weighted by atomic mass is 10.2. The number of pyridine rings is 1. The van der Waals surface area contributed by atoms with Crippen molar-refractivity contribution in [1.82, 2.24) is 10.3 Å². The van der Waals surface area contributed by atoms with Gasteiger partial charge in [0.2, 0.25) is 0 Å². The molecule has 2 rings (SSSR count). The molecule has 1 heterocycles. The molecule has 0 aliphatic heterocycles. The molecule has 0 aliphatic rings. The summed E-state index contributed by atoms with van der Waals surface area (Å²) in [6.45, 7) is 0.157. The Morgan fingerprint density at radius 1 is 1.10 bits per heavy atom. The fraction of sp³-hybridized carbons (Fsp3) is 0.0714. The van der Waals surface area contributed by atoms with Crippen molar-refractivity contribution in [2.45, 2.75) is 6.54 Å². The average molecular weight is 414 g/mol. The van der Waals surface area contributed by atoms with E-state index in [-0.39, 0.29) is 18.0 Å². The summed E-state index contributed by atoms with van der Waals surface area (Å²) in [5.74, 6) is -1.29. The summed E-state index contributed by atoms with van der Waals surface area (Å²) >= 11 is 6.63. The van der Waals surface area contributed by atoms with Crippen molar-refractivity contribution in [3.8, 4) is 0 Å². The molecule has 0 bridgehead atoms. The van der Waals surface area contributed by atoms with Crippen molar-refractivity contribution in [1.29, 1.82) is 0 Å². The van der Waals surface area contributed by atoms with E-state index in [4.69, 9.17) is 5.11 Å². The first kappa shape index (κ1) is 15.7. The van der Waals surface area contributed by atoms with Crippen LogP contribution in [0.4, 0.5) is 0 Å². The van der Waals surface area contributed by atoms with Gasteiger partial charge in [-0.3, -0.25) is 9.78 Å². The highest BCUT2D eigenvalue weighted by molar-refractivity contribution is 9.11. The van der Waals surface area contributed by atoms with Gasteiger partial charge in [0.05, 0.1) is 17.8 Å². The lowest BCUT2D eigenvalue weighted by Crippen LogP contribution is -2.23. The van der Waals surface area contributed by atoms with E-state index in [1.165, 1.54) is 18.3 Å². The van der Waals surface area contributed by atoms with Crippen LogP contribution in [0.3, 0.4) is 0 Å². The molecule has 1 amide bonds. The first-order chi connectivity index (χ1) is 9.95. The number of aromatic carboxylic acids is 1. The van der Waals surface area contributed by atoms with Gasteiger partial charge in [0.25, 0.3) is 5.91 Å². The van der Waals surface area contributed by atoms with E-state index in [1.54, 1.807) is 12.1 Å². The maximum atomic E-state index is 12.0. The first-order valence-electron chi connectivity index (χ1n) is 5.88. The predicted molar refractivity (Wildman–Crippen MR) is 84.2 cm³/mol. The van der Waals surface area contributed by atoms with Gasteiger partial charge in [0.1, 0.15) is 0 Å². The smallest absolute Gasteiger partial charge is 0.335 e. The van der Waals surface area contributed by atoms with Gasteiger partial charge in [-0.2, -0.15) is 0 Å². The molecule has 0 radical (unpaired) electrons. The summed E-state index contributed by atoms with van der Waals surface area (Å²) in [5, 5.41) is 11.6. The van der Waals surface area contributed by atoms with E-state index in [9.17, 15) is 9.59 Å². The maximum absolute atomic E-state index is 12.0. The fourth-order valence-corrected chi connectivity index (χ4v) is 2.96. The third kappa shape index (κ3) is 4.37. The van der Waals surface area contributed by atoms with Crippen LogP contribution < -0.4 is 5.32 Å². The molecular weight excluding hydrogens is 404 g/mol. The highest BCUT2D eigenvalue weighted by Gasteiger charge is 2.09. The van der Waals surface area contributed by atoms with Crippen molar-refractivity contribution in [2.75, 3.05) is 0 Å². The Kier molecular flexibility index (Phi) is 5.08. The molecule has 0 atom stereocenters. The Hall–Kier alpha value is -1.73. The fourth-order valence-electron chi connectivity index (χ4n) is 1.67. The van der Waals surface area contributed by atoms with Crippen LogP contribution in [0.5, 0.6) is 0 Å². The monoisotopic (exact) mass is 412 g/mol. The Morgan fingerprint density at radius 2 is 1.76 bits per heavy atom. The molecule has 2 N–H and O–H groups in total. The minimum absolute atomic E-state index is 0.138. The molecule has 1 aromatic heterocycles. The largest absolute Gasteiger partial charge is 0.478 e. The number of hydrogen-bond acceptors (Lipinski definition) is 3. The zero-order valence-electron chi connectivity index (χ0n) is 10.6. The van der Waals surface area contributed by atoms with E-state index in [1.807, 2.05) is 6.07 Å². The predicted octanol–water partition coefficient (Wildman–Crippen LogP) is 3.23. The molecule has 0 aliphatic carbocycles. The second-order valence-corrected chi connectivity index (χ2v) is 6.01. The third-order valence-electron chi connectivity index (χ3n) is 2.62. The second kappa shape index (κ2) is 6.82. The van der Waals surface area contributed by atoms with Crippen LogP contribution >= 0.6 is 31.9 Å². The number of amides is 1. The molecule has 0 fully saturated rings. The lowest BCUT2D eigenvalue weighted by molar-refractivity contribution is 0.0696. The van der Waals surface area contributed by atoms with Crippen LogP contribution in [0, 0.1) is 0 Å². The summed E-state index contributed by atoms with van der Waals surface area (Å²) in [4.78, 5) is 26.9. The van der Waals surface area contributed by atoms with Crippen LogP contribution in [0.25, 0.3) is 0 Å².